The second-order valence-corrected chi connectivity index (χ2v) is 5.72. The molecule has 1 heterocycles. The molecule has 2 N–H and O–H groups in total. The Bertz CT molecular complexity index is 621. The van der Waals surface area contributed by atoms with Crippen molar-refractivity contribution in [3.8, 4) is 0 Å². The van der Waals surface area contributed by atoms with Crippen LogP contribution in [0.25, 0.3) is 0 Å². The number of sulfonamides is 1. The zero-order valence-electron chi connectivity index (χ0n) is 10.6. The molecular weight excluding hydrogens is 264 g/mol. The highest BCUT2D eigenvalue weighted by Crippen LogP contribution is 2.20. The van der Waals surface area contributed by atoms with Crippen molar-refractivity contribution in [3.05, 3.63) is 48.4 Å². The molecule has 5 nitrogen and oxygen atoms in total. The third kappa shape index (κ3) is 3.36. The zero-order valence-corrected chi connectivity index (χ0v) is 11.4. The van der Waals surface area contributed by atoms with Gasteiger partial charge in [0.15, 0.2) is 0 Å². The predicted molar refractivity (Wildman–Crippen MR) is 73.3 cm³/mol. The summed E-state index contributed by atoms with van der Waals surface area (Å²) < 4.78 is 31.9. The van der Waals surface area contributed by atoms with E-state index in [0.29, 0.717) is 12.2 Å². The van der Waals surface area contributed by atoms with Crippen molar-refractivity contribution in [2.24, 2.45) is 0 Å². The van der Waals surface area contributed by atoms with Crippen LogP contribution in [0.4, 0.5) is 5.69 Å². The second-order valence-electron chi connectivity index (χ2n) is 3.98. The quantitative estimate of drug-likeness (QED) is 0.851. The Balaban J connectivity index is 2.19. The summed E-state index contributed by atoms with van der Waals surface area (Å²) in [7, 11) is -3.54. The first-order chi connectivity index (χ1) is 9.13. The largest absolute Gasteiger partial charge is 0.472 e. The van der Waals surface area contributed by atoms with Crippen LogP contribution >= 0.6 is 0 Å². The second kappa shape index (κ2) is 5.90. The highest BCUT2D eigenvalue weighted by molar-refractivity contribution is 7.89. The lowest BCUT2D eigenvalue weighted by atomic mass is 10.3. The summed E-state index contributed by atoms with van der Waals surface area (Å²) in [4.78, 5) is 0.250. The van der Waals surface area contributed by atoms with Gasteiger partial charge >= 0.3 is 0 Å². The predicted octanol–water partition coefficient (Wildman–Crippen LogP) is 2.19. The maximum atomic E-state index is 12.2. The molecule has 0 saturated carbocycles. The molecule has 0 fully saturated rings. The number of benzene rings is 1. The fourth-order valence-corrected chi connectivity index (χ4v) is 2.89. The minimum Gasteiger partial charge on any atom is -0.472 e. The number of hydrogen-bond acceptors (Lipinski definition) is 4. The number of nitrogens with one attached hydrogen (secondary N) is 2. The van der Waals surface area contributed by atoms with Crippen molar-refractivity contribution in [1.82, 2.24) is 4.72 Å². The Hall–Kier alpha value is -1.79. The van der Waals surface area contributed by atoms with Crippen LogP contribution in [-0.2, 0) is 16.6 Å². The van der Waals surface area contributed by atoms with Crippen molar-refractivity contribution in [3.63, 3.8) is 0 Å². The molecule has 2 rings (SSSR count). The molecule has 0 unspecified atom stereocenters. The average molecular weight is 280 g/mol. The van der Waals surface area contributed by atoms with Gasteiger partial charge in [-0.3, -0.25) is 0 Å². The van der Waals surface area contributed by atoms with Gasteiger partial charge in [-0.2, -0.15) is 0 Å². The molecule has 1 aromatic heterocycles. The molecule has 0 atom stereocenters. The van der Waals surface area contributed by atoms with Gasteiger partial charge in [0, 0.05) is 18.7 Å². The van der Waals surface area contributed by atoms with E-state index in [9.17, 15) is 8.42 Å². The maximum Gasteiger partial charge on any atom is 0.242 e. The molecule has 1 aromatic carbocycles. The van der Waals surface area contributed by atoms with Crippen molar-refractivity contribution in [1.29, 1.82) is 0 Å². The normalized spacial score (nSPS) is 11.4. The first kappa shape index (κ1) is 13.6. The summed E-state index contributed by atoms with van der Waals surface area (Å²) >= 11 is 0. The summed E-state index contributed by atoms with van der Waals surface area (Å²) in [6.07, 6.45) is 3.02. The molecule has 0 aliphatic carbocycles. The minimum absolute atomic E-state index is 0.208. The fraction of sp³-hybridized carbons (Fsp3) is 0.231. The van der Waals surface area contributed by atoms with Crippen molar-refractivity contribution in [2.45, 2.75) is 18.4 Å². The lowest BCUT2D eigenvalue weighted by molar-refractivity contribution is 0.561. The van der Waals surface area contributed by atoms with E-state index in [2.05, 4.69) is 10.0 Å². The van der Waals surface area contributed by atoms with Gasteiger partial charge < -0.3 is 9.73 Å². The van der Waals surface area contributed by atoms with E-state index in [1.807, 2.05) is 6.92 Å². The number of para-hydroxylation sites is 1. The Morgan fingerprint density at radius 1 is 1.21 bits per heavy atom. The van der Waals surface area contributed by atoms with Crippen LogP contribution in [0.3, 0.4) is 0 Å². The lowest BCUT2D eigenvalue weighted by Gasteiger charge is -2.11. The minimum atomic E-state index is -3.54. The highest BCUT2D eigenvalue weighted by atomic mass is 32.2. The van der Waals surface area contributed by atoms with E-state index in [1.54, 1.807) is 30.3 Å². The number of anilines is 1. The van der Waals surface area contributed by atoms with Crippen LogP contribution in [0.1, 0.15) is 12.5 Å². The molecule has 2 aromatic rings. The van der Waals surface area contributed by atoms with Crippen LogP contribution in [0.15, 0.2) is 52.2 Å². The van der Waals surface area contributed by atoms with Crippen LogP contribution in [0, 0.1) is 0 Å². The van der Waals surface area contributed by atoms with E-state index < -0.39 is 10.0 Å². The van der Waals surface area contributed by atoms with Crippen LogP contribution < -0.4 is 10.0 Å². The molecule has 0 radical (unpaired) electrons. The summed E-state index contributed by atoms with van der Waals surface area (Å²) in [6, 6.07) is 8.55. The lowest BCUT2D eigenvalue weighted by Crippen LogP contribution is -2.24. The zero-order chi connectivity index (χ0) is 13.7. The summed E-state index contributed by atoms with van der Waals surface area (Å²) in [6.45, 7) is 2.79. The van der Waals surface area contributed by atoms with Gasteiger partial charge in [-0.25, -0.2) is 13.1 Å². The number of rotatable bonds is 6. The Kier molecular flexibility index (Phi) is 4.24. The third-order valence-electron chi connectivity index (χ3n) is 2.59. The van der Waals surface area contributed by atoms with Crippen molar-refractivity contribution in [2.75, 3.05) is 11.9 Å². The Morgan fingerprint density at radius 2 is 2.00 bits per heavy atom. The van der Waals surface area contributed by atoms with Gasteiger partial charge in [0.1, 0.15) is 4.90 Å². The molecule has 0 spiro atoms. The van der Waals surface area contributed by atoms with Gasteiger partial charge in [0.25, 0.3) is 0 Å². The molecule has 0 aliphatic rings. The average Bonchev–Trinajstić information content (AvgIpc) is 2.91. The van der Waals surface area contributed by atoms with Crippen molar-refractivity contribution >= 4 is 15.7 Å². The molecular formula is C13H16N2O3S. The van der Waals surface area contributed by atoms with Crippen molar-refractivity contribution < 1.29 is 12.8 Å². The van der Waals surface area contributed by atoms with Gasteiger partial charge in [0.05, 0.1) is 18.2 Å². The Morgan fingerprint density at radius 3 is 2.68 bits per heavy atom. The molecule has 0 amide bonds. The maximum absolute atomic E-state index is 12.2. The van der Waals surface area contributed by atoms with E-state index in [0.717, 1.165) is 5.56 Å². The SMILES string of the molecule is CCNc1ccccc1S(=O)(=O)NCc1ccoc1. The van der Waals surface area contributed by atoms with E-state index in [4.69, 9.17) is 4.42 Å². The van der Waals surface area contributed by atoms with Crippen LogP contribution in [0.2, 0.25) is 0 Å². The van der Waals surface area contributed by atoms with Gasteiger partial charge in [-0.05, 0) is 25.1 Å². The molecule has 102 valence electrons. The van der Waals surface area contributed by atoms with E-state index >= 15 is 0 Å². The standard InChI is InChI=1S/C13H16N2O3S/c1-2-14-12-5-3-4-6-13(12)19(16,17)15-9-11-7-8-18-10-11/h3-8,10,14-15H,2,9H2,1H3. The monoisotopic (exact) mass is 280 g/mol. The van der Waals surface area contributed by atoms with E-state index in [-0.39, 0.29) is 11.4 Å². The van der Waals surface area contributed by atoms with Crippen LogP contribution in [-0.4, -0.2) is 15.0 Å². The Labute approximate surface area is 112 Å². The molecule has 19 heavy (non-hydrogen) atoms. The highest BCUT2D eigenvalue weighted by Gasteiger charge is 2.17. The summed E-state index contributed by atoms with van der Waals surface area (Å²) in [5.41, 5.74) is 1.38. The summed E-state index contributed by atoms with van der Waals surface area (Å²) in [5, 5.41) is 3.04. The van der Waals surface area contributed by atoms with E-state index in [1.165, 1.54) is 12.5 Å². The third-order valence-corrected chi connectivity index (χ3v) is 4.05. The molecule has 6 heteroatoms. The summed E-state index contributed by atoms with van der Waals surface area (Å²) in [5.74, 6) is 0. The number of hydrogen-bond donors (Lipinski definition) is 2. The van der Waals surface area contributed by atoms with Gasteiger partial charge in [-0.1, -0.05) is 12.1 Å². The smallest absolute Gasteiger partial charge is 0.242 e. The topological polar surface area (TPSA) is 71.3 Å². The molecule has 0 aliphatic heterocycles. The molecule has 0 bridgehead atoms. The molecule has 0 saturated heterocycles. The van der Waals surface area contributed by atoms with Crippen LogP contribution in [0.5, 0.6) is 0 Å². The first-order valence-electron chi connectivity index (χ1n) is 5.97. The number of furan rings is 1. The van der Waals surface area contributed by atoms with Gasteiger partial charge in [-0.15, -0.1) is 0 Å². The first-order valence-corrected chi connectivity index (χ1v) is 7.45. The van der Waals surface area contributed by atoms with Gasteiger partial charge in [0.2, 0.25) is 10.0 Å². The fourth-order valence-electron chi connectivity index (χ4n) is 1.69.